The van der Waals surface area contributed by atoms with Gasteiger partial charge in [-0.15, -0.1) is 11.8 Å². The summed E-state index contributed by atoms with van der Waals surface area (Å²) in [5.41, 5.74) is 0.459. The highest BCUT2D eigenvalue weighted by Gasteiger charge is 2.49. The molecule has 0 bridgehead atoms. The fraction of sp³-hybridized carbons (Fsp3) is 0.381. The molecule has 0 aromatic heterocycles. The topological polar surface area (TPSA) is 51.2 Å². The predicted molar refractivity (Wildman–Crippen MR) is 109 cm³/mol. The molecule has 0 spiro atoms. The molecular formula is C21H26O3S2. The van der Waals surface area contributed by atoms with Crippen LogP contribution in [0.4, 0.5) is 0 Å². The molecule has 0 aliphatic carbocycles. The standard InChI is InChI=1S/C21H26O3S2/c1-4-6-16-21(5-2,26(23,24)19-10-8-7-9-11-19)20(22)17-12-14-18(25-3)15-13-17/h7-15H,4-6,16H2,1-3H3. The van der Waals surface area contributed by atoms with Crippen LogP contribution < -0.4 is 0 Å². The third kappa shape index (κ3) is 3.89. The van der Waals surface area contributed by atoms with Crippen molar-refractivity contribution in [1.82, 2.24) is 0 Å². The van der Waals surface area contributed by atoms with E-state index in [0.29, 0.717) is 18.4 Å². The third-order valence-corrected chi connectivity index (χ3v) is 8.18. The minimum Gasteiger partial charge on any atom is -0.292 e. The van der Waals surface area contributed by atoms with Crippen molar-refractivity contribution in [2.75, 3.05) is 6.26 Å². The number of sulfone groups is 1. The Labute approximate surface area is 161 Å². The number of rotatable bonds is 9. The third-order valence-electron chi connectivity index (χ3n) is 4.84. The molecule has 0 aliphatic rings. The molecule has 5 heteroatoms. The van der Waals surface area contributed by atoms with Gasteiger partial charge in [-0.05, 0) is 43.4 Å². The molecule has 0 saturated carbocycles. The Morgan fingerprint density at radius 3 is 2.12 bits per heavy atom. The monoisotopic (exact) mass is 390 g/mol. The van der Waals surface area contributed by atoms with Gasteiger partial charge < -0.3 is 0 Å². The van der Waals surface area contributed by atoms with Gasteiger partial charge in [0.25, 0.3) is 0 Å². The molecule has 0 amide bonds. The Kier molecular flexibility index (Phi) is 7.07. The summed E-state index contributed by atoms with van der Waals surface area (Å²) in [4.78, 5) is 14.7. The first-order chi connectivity index (χ1) is 12.4. The molecule has 1 unspecified atom stereocenters. The van der Waals surface area contributed by atoms with Crippen LogP contribution in [0, 0.1) is 0 Å². The smallest absolute Gasteiger partial charge is 0.191 e. The van der Waals surface area contributed by atoms with Crippen LogP contribution in [0.5, 0.6) is 0 Å². The van der Waals surface area contributed by atoms with Gasteiger partial charge in [-0.2, -0.15) is 0 Å². The predicted octanol–water partition coefficient (Wildman–Crippen LogP) is 5.40. The van der Waals surface area contributed by atoms with E-state index in [4.69, 9.17) is 0 Å². The zero-order valence-electron chi connectivity index (χ0n) is 15.6. The summed E-state index contributed by atoms with van der Waals surface area (Å²) in [5.74, 6) is -0.301. The lowest BCUT2D eigenvalue weighted by molar-refractivity contribution is 0.0927. The Bertz CT molecular complexity index is 827. The number of carbonyl (C=O) groups is 1. The minimum absolute atomic E-state index is 0.215. The molecular weight excluding hydrogens is 364 g/mol. The molecule has 0 aliphatic heterocycles. The van der Waals surface area contributed by atoms with Gasteiger partial charge in [-0.3, -0.25) is 4.79 Å². The van der Waals surface area contributed by atoms with Crippen molar-refractivity contribution in [2.24, 2.45) is 0 Å². The molecule has 140 valence electrons. The molecule has 2 aromatic carbocycles. The zero-order chi connectivity index (χ0) is 19.2. The average Bonchev–Trinajstić information content (AvgIpc) is 2.69. The number of thioether (sulfide) groups is 1. The maximum Gasteiger partial charge on any atom is 0.191 e. The van der Waals surface area contributed by atoms with Crippen molar-refractivity contribution >= 4 is 27.4 Å². The Morgan fingerprint density at radius 2 is 1.62 bits per heavy atom. The normalized spacial score (nSPS) is 14.0. The van der Waals surface area contributed by atoms with Crippen LogP contribution in [0.15, 0.2) is 64.4 Å². The van der Waals surface area contributed by atoms with Crippen molar-refractivity contribution < 1.29 is 13.2 Å². The first-order valence-corrected chi connectivity index (χ1v) is 11.6. The highest BCUT2D eigenvalue weighted by atomic mass is 32.2. The number of carbonyl (C=O) groups excluding carboxylic acids is 1. The van der Waals surface area contributed by atoms with E-state index in [-0.39, 0.29) is 17.1 Å². The SMILES string of the molecule is CCCCC(CC)(C(=O)c1ccc(SC)cc1)S(=O)(=O)c1ccccc1. The summed E-state index contributed by atoms with van der Waals surface area (Å²) < 4.78 is 25.6. The van der Waals surface area contributed by atoms with Gasteiger partial charge in [0.1, 0.15) is 4.75 Å². The van der Waals surface area contributed by atoms with Crippen LogP contribution >= 0.6 is 11.8 Å². The van der Waals surface area contributed by atoms with Gasteiger partial charge in [0, 0.05) is 10.5 Å². The van der Waals surface area contributed by atoms with Gasteiger partial charge in [-0.1, -0.05) is 57.0 Å². The number of hydrogen-bond donors (Lipinski definition) is 0. The molecule has 0 fully saturated rings. The summed E-state index contributed by atoms with van der Waals surface area (Å²) in [6.45, 7) is 3.80. The number of benzene rings is 2. The summed E-state index contributed by atoms with van der Waals surface area (Å²) in [7, 11) is -3.80. The van der Waals surface area contributed by atoms with Crippen LogP contribution in [0.1, 0.15) is 49.9 Å². The molecule has 0 N–H and O–H groups in total. The summed E-state index contributed by atoms with van der Waals surface area (Å²) in [6, 6.07) is 15.6. The highest BCUT2D eigenvalue weighted by Crippen LogP contribution is 2.37. The van der Waals surface area contributed by atoms with Crippen LogP contribution in [0.3, 0.4) is 0 Å². The lowest BCUT2D eigenvalue weighted by Crippen LogP contribution is -2.46. The molecule has 3 nitrogen and oxygen atoms in total. The molecule has 0 radical (unpaired) electrons. The van der Waals surface area contributed by atoms with E-state index in [1.165, 1.54) is 0 Å². The second kappa shape index (κ2) is 8.87. The fourth-order valence-electron chi connectivity index (χ4n) is 3.19. The van der Waals surface area contributed by atoms with Crippen molar-refractivity contribution in [2.45, 2.75) is 54.1 Å². The molecule has 0 heterocycles. The summed E-state index contributed by atoms with van der Waals surface area (Å²) in [6.07, 6.45) is 4.08. The van der Waals surface area contributed by atoms with E-state index in [1.807, 2.05) is 25.3 Å². The van der Waals surface area contributed by atoms with E-state index in [2.05, 4.69) is 0 Å². The lowest BCUT2D eigenvalue weighted by Gasteiger charge is -2.31. The average molecular weight is 391 g/mol. The zero-order valence-corrected chi connectivity index (χ0v) is 17.2. The van der Waals surface area contributed by atoms with E-state index < -0.39 is 14.6 Å². The van der Waals surface area contributed by atoms with Crippen molar-refractivity contribution in [3.05, 3.63) is 60.2 Å². The van der Waals surface area contributed by atoms with Crippen molar-refractivity contribution in [3.63, 3.8) is 0 Å². The summed E-state index contributed by atoms with van der Waals surface area (Å²) >= 11 is 1.59. The van der Waals surface area contributed by atoms with Crippen LogP contribution in [-0.2, 0) is 9.84 Å². The first-order valence-electron chi connectivity index (χ1n) is 8.91. The van der Waals surface area contributed by atoms with Gasteiger partial charge in [0.15, 0.2) is 15.6 Å². The number of ketones is 1. The fourth-order valence-corrected chi connectivity index (χ4v) is 5.72. The van der Waals surface area contributed by atoms with E-state index in [1.54, 1.807) is 61.2 Å². The lowest BCUT2D eigenvalue weighted by atomic mass is 9.89. The van der Waals surface area contributed by atoms with Gasteiger partial charge in [0.2, 0.25) is 0 Å². The van der Waals surface area contributed by atoms with Crippen LogP contribution in [0.25, 0.3) is 0 Å². The first kappa shape index (κ1) is 20.7. The van der Waals surface area contributed by atoms with Gasteiger partial charge in [0.05, 0.1) is 4.90 Å². The molecule has 1 atom stereocenters. The van der Waals surface area contributed by atoms with Crippen LogP contribution in [0.2, 0.25) is 0 Å². The molecule has 26 heavy (non-hydrogen) atoms. The molecule has 2 rings (SSSR count). The highest BCUT2D eigenvalue weighted by molar-refractivity contribution is 7.98. The van der Waals surface area contributed by atoms with Crippen LogP contribution in [-0.4, -0.2) is 25.2 Å². The molecule has 2 aromatic rings. The van der Waals surface area contributed by atoms with Gasteiger partial charge >= 0.3 is 0 Å². The largest absolute Gasteiger partial charge is 0.292 e. The van der Waals surface area contributed by atoms with Crippen molar-refractivity contribution in [3.8, 4) is 0 Å². The summed E-state index contributed by atoms with van der Waals surface area (Å²) in [5, 5.41) is 0. The number of Topliss-reactive ketones (excluding diaryl/α,β-unsaturated/α-hetero) is 1. The van der Waals surface area contributed by atoms with E-state index in [9.17, 15) is 13.2 Å². The second-order valence-corrected chi connectivity index (χ2v) is 9.46. The quantitative estimate of drug-likeness (QED) is 0.425. The Balaban J connectivity index is 2.58. The minimum atomic E-state index is -3.80. The number of hydrogen-bond acceptors (Lipinski definition) is 4. The Morgan fingerprint density at radius 1 is 1.00 bits per heavy atom. The van der Waals surface area contributed by atoms with Gasteiger partial charge in [-0.25, -0.2) is 8.42 Å². The number of unbranched alkanes of at least 4 members (excludes halogenated alkanes) is 1. The maximum absolute atomic E-state index is 13.5. The van der Waals surface area contributed by atoms with E-state index >= 15 is 0 Å². The Hall–Kier alpha value is -1.59. The van der Waals surface area contributed by atoms with Crippen molar-refractivity contribution in [1.29, 1.82) is 0 Å². The van der Waals surface area contributed by atoms with E-state index in [0.717, 1.165) is 11.3 Å². The molecule has 0 saturated heterocycles. The second-order valence-electron chi connectivity index (χ2n) is 6.33. The maximum atomic E-state index is 13.5.